The number of hydrogen-bond acceptors (Lipinski definition) is 4. The van der Waals surface area contributed by atoms with Crippen molar-refractivity contribution in [2.45, 2.75) is 19.4 Å². The van der Waals surface area contributed by atoms with Gasteiger partial charge in [0, 0.05) is 17.5 Å². The summed E-state index contributed by atoms with van der Waals surface area (Å²) >= 11 is 5.93. The second-order valence-electron chi connectivity index (χ2n) is 6.69. The molecule has 2 aromatic rings. The van der Waals surface area contributed by atoms with E-state index in [0.717, 1.165) is 48.8 Å². The van der Waals surface area contributed by atoms with Gasteiger partial charge in [-0.3, -0.25) is 9.69 Å². The van der Waals surface area contributed by atoms with Crippen molar-refractivity contribution in [3.05, 3.63) is 64.7 Å². The smallest absolute Gasteiger partial charge is 0.243 e. The van der Waals surface area contributed by atoms with E-state index in [1.165, 1.54) is 5.56 Å². The van der Waals surface area contributed by atoms with Crippen molar-refractivity contribution in [2.75, 3.05) is 20.2 Å². The number of likely N-dealkylation sites (tertiary alicyclic amines) is 1. The molecule has 1 heterocycles. The second-order valence-corrected chi connectivity index (χ2v) is 7.12. The van der Waals surface area contributed by atoms with Crippen molar-refractivity contribution in [1.82, 2.24) is 10.3 Å². The molecule has 2 aromatic carbocycles. The van der Waals surface area contributed by atoms with Crippen LogP contribution >= 0.6 is 11.6 Å². The summed E-state index contributed by atoms with van der Waals surface area (Å²) in [5, 5.41) is 4.83. The molecular weight excluding hydrogens is 362 g/mol. The van der Waals surface area contributed by atoms with Crippen molar-refractivity contribution >= 4 is 23.7 Å². The Morgan fingerprint density at radius 2 is 2.00 bits per heavy atom. The molecule has 0 aromatic heterocycles. The molecule has 1 aliphatic heterocycles. The maximum atomic E-state index is 12.3. The molecule has 3 rings (SSSR count). The van der Waals surface area contributed by atoms with Crippen LogP contribution in [0.2, 0.25) is 5.02 Å². The minimum Gasteiger partial charge on any atom is -0.497 e. The van der Waals surface area contributed by atoms with Crippen LogP contribution in [0.3, 0.4) is 0 Å². The van der Waals surface area contributed by atoms with Crippen molar-refractivity contribution in [3.63, 3.8) is 0 Å². The Morgan fingerprint density at radius 1 is 1.26 bits per heavy atom. The monoisotopic (exact) mass is 385 g/mol. The van der Waals surface area contributed by atoms with E-state index in [4.69, 9.17) is 16.3 Å². The minimum atomic E-state index is -0.0136. The SMILES string of the molecule is COc1cccc(/C=N\NC(=O)C2CCN(Cc3ccc(Cl)cc3)CC2)c1. The van der Waals surface area contributed by atoms with Crippen LogP contribution in [0.15, 0.2) is 53.6 Å². The van der Waals surface area contributed by atoms with Gasteiger partial charge < -0.3 is 4.74 Å². The Morgan fingerprint density at radius 3 is 2.70 bits per heavy atom. The molecule has 1 fully saturated rings. The lowest BCUT2D eigenvalue weighted by atomic mass is 9.96. The summed E-state index contributed by atoms with van der Waals surface area (Å²) in [5.41, 5.74) is 4.79. The van der Waals surface area contributed by atoms with Gasteiger partial charge in [-0.25, -0.2) is 5.43 Å². The fourth-order valence-corrected chi connectivity index (χ4v) is 3.31. The third-order valence-corrected chi connectivity index (χ3v) is 5.01. The van der Waals surface area contributed by atoms with E-state index >= 15 is 0 Å². The van der Waals surface area contributed by atoms with Crippen LogP contribution < -0.4 is 10.2 Å². The van der Waals surface area contributed by atoms with E-state index in [-0.39, 0.29) is 11.8 Å². The Labute approximate surface area is 165 Å². The molecule has 0 aliphatic carbocycles. The number of carbonyl (C=O) groups excluding carboxylic acids is 1. The van der Waals surface area contributed by atoms with E-state index in [1.807, 2.05) is 36.4 Å². The van der Waals surface area contributed by atoms with Gasteiger partial charge in [0.15, 0.2) is 0 Å². The van der Waals surface area contributed by atoms with Gasteiger partial charge >= 0.3 is 0 Å². The molecule has 27 heavy (non-hydrogen) atoms. The van der Waals surface area contributed by atoms with E-state index in [1.54, 1.807) is 13.3 Å². The topological polar surface area (TPSA) is 53.9 Å². The van der Waals surface area contributed by atoms with Crippen molar-refractivity contribution in [2.24, 2.45) is 11.0 Å². The van der Waals surface area contributed by atoms with E-state index in [2.05, 4.69) is 27.6 Å². The first-order valence-corrected chi connectivity index (χ1v) is 9.45. The maximum absolute atomic E-state index is 12.3. The summed E-state index contributed by atoms with van der Waals surface area (Å²) in [4.78, 5) is 14.7. The zero-order valence-electron chi connectivity index (χ0n) is 15.4. The third-order valence-electron chi connectivity index (χ3n) is 4.76. The first kappa shape index (κ1) is 19.4. The van der Waals surface area contributed by atoms with Gasteiger partial charge in [0.2, 0.25) is 5.91 Å². The molecule has 1 aliphatic rings. The molecule has 0 unspecified atom stereocenters. The van der Waals surface area contributed by atoms with Crippen molar-refractivity contribution in [3.8, 4) is 5.75 Å². The molecule has 1 amide bonds. The van der Waals surface area contributed by atoms with Crippen LogP contribution in [-0.4, -0.2) is 37.2 Å². The number of benzene rings is 2. The fraction of sp³-hybridized carbons (Fsp3) is 0.333. The van der Waals surface area contributed by atoms with Crippen LogP contribution in [-0.2, 0) is 11.3 Å². The first-order valence-electron chi connectivity index (χ1n) is 9.08. The zero-order valence-corrected chi connectivity index (χ0v) is 16.2. The molecule has 6 heteroatoms. The summed E-state index contributed by atoms with van der Waals surface area (Å²) in [6.07, 6.45) is 3.32. The molecule has 1 saturated heterocycles. The summed E-state index contributed by atoms with van der Waals surface area (Å²) in [5.74, 6) is 0.757. The lowest BCUT2D eigenvalue weighted by Gasteiger charge is -2.30. The van der Waals surface area contributed by atoms with Gasteiger partial charge in [0.25, 0.3) is 0 Å². The lowest BCUT2D eigenvalue weighted by Crippen LogP contribution is -2.39. The highest BCUT2D eigenvalue weighted by Crippen LogP contribution is 2.20. The number of methoxy groups -OCH3 is 1. The maximum Gasteiger partial charge on any atom is 0.243 e. The molecular formula is C21H24ClN3O2. The summed E-state index contributed by atoms with van der Waals surface area (Å²) in [6.45, 7) is 2.69. The lowest BCUT2D eigenvalue weighted by molar-refractivity contribution is -0.126. The number of carbonyl (C=O) groups is 1. The molecule has 0 saturated carbocycles. The largest absolute Gasteiger partial charge is 0.497 e. The number of amides is 1. The number of hydrazone groups is 1. The highest BCUT2D eigenvalue weighted by Gasteiger charge is 2.24. The number of rotatable bonds is 6. The van der Waals surface area contributed by atoms with Crippen LogP contribution in [0.25, 0.3) is 0 Å². The molecule has 1 N–H and O–H groups in total. The van der Waals surface area contributed by atoms with Gasteiger partial charge in [-0.15, -0.1) is 0 Å². The van der Waals surface area contributed by atoms with Crippen molar-refractivity contribution in [1.29, 1.82) is 0 Å². The van der Waals surface area contributed by atoms with Crippen LogP contribution in [0.1, 0.15) is 24.0 Å². The van der Waals surface area contributed by atoms with Crippen LogP contribution in [0, 0.1) is 5.92 Å². The molecule has 0 atom stereocenters. The predicted octanol–water partition coefficient (Wildman–Crippen LogP) is 3.71. The normalized spacial score (nSPS) is 15.8. The fourth-order valence-electron chi connectivity index (χ4n) is 3.18. The van der Waals surface area contributed by atoms with Gasteiger partial charge in [0.05, 0.1) is 13.3 Å². The average Bonchev–Trinajstić information content (AvgIpc) is 2.70. The van der Waals surface area contributed by atoms with E-state index in [9.17, 15) is 4.79 Å². The zero-order chi connectivity index (χ0) is 19.1. The van der Waals surface area contributed by atoms with Gasteiger partial charge in [-0.2, -0.15) is 5.10 Å². The molecule has 142 valence electrons. The summed E-state index contributed by atoms with van der Waals surface area (Å²) in [7, 11) is 1.62. The average molecular weight is 386 g/mol. The van der Waals surface area contributed by atoms with E-state index in [0.29, 0.717) is 0 Å². The molecule has 5 nitrogen and oxygen atoms in total. The number of ether oxygens (including phenoxy) is 1. The highest BCUT2D eigenvalue weighted by atomic mass is 35.5. The third kappa shape index (κ3) is 5.81. The van der Waals surface area contributed by atoms with Crippen LogP contribution in [0.5, 0.6) is 5.75 Å². The van der Waals surface area contributed by atoms with Gasteiger partial charge in [-0.05, 0) is 61.3 Å². The van der Waals surface area contributed by atoms with Crippen molar-refractivity contribution < 1.29 is 9.53 Å². The summed E-state index contributed by atoms with van der Waals surface area (Å²) < 4.78 is 5.18. The highest BCUT2D eigenvalue weighted by molar-refractivity contribution is 6.30. The number of nitrogens with zero attached hydrogens (tertiary/aromatic N) is 2. The Kier molecular flexibility index (Phi) is 6.85. The predicted molar refractivity (Wildman–Crippen MR) is 108 cm³/mol. The second kappa shape index (κ2) is 9.53. The first-order chi connectivity index (χ1) is 13.1. The van der Waals surface area contributed by atoms with E-state index < -0.39 is 0 Å². The minimum absolute atomic E-state index is 0.00827. The Balaban J connectivity index is 1.44. The number of halogens is 1. The molecule has 0 spiro atoms. The standard InChI is InChI=1S/C21H24ClN3O2/c1-27-20-4-2-3-17(13-20)14-23-24-21(26)18-9-11-25(12-10-18)15-16-5-7-19(22)8-6-16/h2-8,13-14,18H,9-12,15H2,1H3,(H,24,26)/b23-14-. The Bertz CT molecular complexity index is 784. The molecule has 0 radical (unpaired) electrons. The summed E-state index contributed by atoms with van der Waals surface area (Å²) in [6, 6.07) is 15.5. The van der Waals surface area contributed by atoms with Crippen LogP contribution in [0.4, 0.5) is 0 Å². The quantitative estimate of drug-likeness (QED) is 0.609. The Hall–Kier alpha value is -2.37. The van der Waals surface area contributed by atoms with Gasteiger partial charge in [-0.1, -0.05) is 35.9 Å². The number of nitrogens with one attached hydrogen (secondary N) is 1. The number of hydrogen-bond donors (Lipinski definition) is 1. The number of piperidine rings is 1. The molecule has 0 bridgehead atoms. The van der Waals surface area contributed by atoms with Gasteiger partial charge in [0.1, 0.15) is 5.75 Å².